The van der Waals surface area contributed by atoms with Gasteiger partial charge in [0.25, 0.3) is 5.56 Å². The van der Waals surface area contributed by atoms with E-state index in [1.54, 1.807) is 32.0 Å². The predicted octanol–water partition coefficient (Wildman–Crippen LogP) is 6.96. The molecule has 4 nitrogen and oxygen atoms in total. The Morgan fingerprint density at radius 2 is 1.89 bits per heavy atom. The van der Waals surface area contributed by atoms with Crippen LogP contribution in [0.15, 0.2) is 81.3 Å². The van der Waals surface area contributed by atoms with Gasteiger partial charge in [-0.2, -0.15) is 0 Å². The summed E-state index contributed by atoms with van der Waals surface area (Å²) in [5, 5.41) is -0.0972. The van der Waals surface area contributed by atoms with Gasteiger partial charge in [-0.15, -0.1) is 0 Å². The van der Waals surface area contributed by atoms with E-state index in [1.807, 2.05) is 6.92 Å². The summed E-state index contributed by atoms with van der Waals surface area (Å²) in [5.74, 6) is -2.43. The molecule has 2 unspecified atom stereocenters. The molecule has 0 aliphatic heterocycles. The third kappa shape index (κ3) is 6.56. The highest BCUT2D eigenvalue weighted by Gasteiger charge is 2.21. The van der Waals surface area contributed by atoms with Crippen LogP contribution < -0.4 is 5.56 Å². The Hall–Kier alpha value is -3.23. The summed E-state index contributed by atoms with van der Waals surface area (Å²) in [7, 11) is -1.64. The van der Waals surface area contributed by atoms with Gasteiger partial charge in [-0.25, -0.2) is 13.2 Å². The Labute approximate surface area is 221 Å². The van der Waals surface area contributed by atoms with Crippen molar-refractivity contribution in [1.82, 2.24) is 4.57 Å². The maximum atomic E-state index is 15.6. The highest BCUT2D eigenvalue weighted by atomic mass is 35.5. The van der Waals surface area contributed by atoms with E-state index in [0.717, 1.165) is 16.3 Å². The van der Waals surface area contributed by atoms with Crippen LogP contribution in [0.2, 0.25) is 5.02 Å². The molecule has 0 amide bonds. The monoisotopic (exact) mass is 546 g/mol. The summed E-state index contributed by atoms with van der Waals surface area (Å²) < 4.78 is 57.1. The SMILES string of the molecule is C/C=C/N=C(/C(F)=C/n1c(C)cc(C(C)Cc2cccc(F)c2)c(Cl)c1=O)c1cccc(S(C)=O)c1F. The normalized spacial score (nSPS) is 14.3. The first kappa shape index (κ1) is 28.3. The van der Waals surface area contributed by atoms with Gasteiger partial charge in [0.15, 0.2) is 5.83 Å². The second kappa shape index (κ2) is 12.3. The number of benzene rings is 2. The van der Waals surface area contributed by atoms with Crippen molar-refractivity contribution in [1.29, 1.82) is 0 Å². The van der Waals surface area contributed by atoms with Crippen LogP contribution in [0.3, 0.4) is 0 Å². The number of rotatable bonds is 8. The molecule has 3 aromatic rings. The van der Waals surface area contributed by atoms with Crippen LogP contribution in [0.4, 0.5) is 13.2 Å². The lowest BCUT2D eigenvalue weighted by Crippen LogP contribution is -2.22. The first-order valence-electron chi connectivity index (χ1n) is 11.4. The number of aromatic nitrogens is 1. The van der Waals surface area contributed by atoms with E-state index in [2.05, 4.69) is 4.99 Å². The van der Waals surface area contributed by atoms with Gasteiger partial charge in [0.05, 0.1) is 21.9 Å². The molecule has 194 valence electrons. The Balaban J connectivity index is 2.06. The Kier molecular flexibility index (Phi) is 9.45. The zero-order valence-corrected chi connectivity index (χ0v) is 22.3. The van der Waals surface area contributed by atoms with Gasteiger partial charge in [0.1, 0.15) is 22.4 Å². The summed E-state index contributed by atoms with van der Waals surface area (Å²) in [6, 6.07) is 12.0. The minimum Gasteiger partial charge on any atom is -0.284 e. The lowest BCUT2D eigenvalue weighted by molar-refractivity contribution is 0.591. The van der Waals surface area contributed by atoms with Crippen molar-refractivity contribution in [3.05, 3.63) is 116 Å². The van der Waals surface area contributed by atoms with Gasteiger partial charge in [0, 0.05) is 23.7 Å². The smallest absolute Gasteiger partial charge is 0.273 e. The number of nitrogens with zero attached hydrogens (tertiary/aromatic N) is 2. The molecule has 9 heteroatoms. The first-order chi connectivity index (χ1) is 17.5. The fraction of sp³-hybridized carbons (Fsp3) is 0.214. The lowest BCUT2D eigenvalue weighted by Gasteiger charge is -2.17. The molecule has 0 bridgehead atoms. The van der Waals surface area contributed by atoms with E-state index in [4.69, 9.17) is 11.6 Å². The second-order valence-corrected chi connectivity index (χ2v) is 10.2. The minimum absolute atomic E-state index is 0.0912. The van der Waals surface area contributed by atoms with Crippen molar-refractivity contribution >= 4 is 34.3 Å². The summed E-state index contributed by atoms with van der Waals surface area (Å²) in [4.78, 5) is 17.1. The number of pyridine rings is 1. The fourth-order valence-corrected chi connectivity index (χ4v) is 4.86. The third-order valence-electron chi connectivity index (χ3n) is 5.72. The standard InChI is InChI=1S/C28H26ClF3N2O2S/c1-5-12-33-27(21-10-7-11-24(26(21)32)37(4)36)23(31)16-34-18(3)14-22(25(29)28(34)35)17(2)13-19-8-6-9-20(30)15-19/h5-12,14-17H,13H2,1-4H3/b12-5+,23-16-,33-27+. The molecule has 0 saturated carbocycles. The molecule has 0 aliphatic carbocycles. The van der Waals surface area contributed by atoms with Crippen LogP contribution in [0.1, 0.15) is 42.1 Å². The van der Waals surface area contributed by atoms with Crippen LogP contribution in [-0.2, 0) is 17.2 Å². The van der Waals surface area contributed by atoms with Gasteiger partial charge >= 0.3 is 0 Å². The van der Waals surface area contributed by atoms with Crippen molar-refractivity contribution in [2.45, 2.75) is 38.0 Å². The maximum Gasteiger partial charge on any atom is 0.273 e. The molecule has 0 radical (unpaired) electrons. The predicted molar refractivity (Wildman–Crippen MR) is 144 cm³/mol. The van der Waals surface area contributed by atoms with Crippen molar-refractivity contribution < 1.29 is 17.4 Å². The van der Waals surface area contributed by atoms with E-state index in [-0.39, 0.29) is 32.9 Å². The second-order valence-electron chi connectivity index (χ2n) is 8.47. The molecule has 3 rings (SSSR count). The van der Waals surface area contributed by atoms with Gasteiger partial charge in [-0.3, -0.25) is 18.6 Å². The maximum absolute atomic E-state index is 15.6. The topological polar surface area (TPSA) is 51.4 Å². The van der Waals surface area contributed by atoms with Crippen LogP contribution in [0.25, 0.3) is 6.20 Å². The van der Waals surface area contributed by atoms with Crippen LogP contribution >= 0.6 is 11.6 Å². The summed E-state index contributed by atoms with van der Waals surface area (Å²) in [6.45, 7) is 5.14. The Morgan fingerprint density at radius 1 is 1.19 bits per heavy atom. The van der Waals surface area contributed by atoms with Gasteiger partial charge in [-0.1, -0.05) is 42.8 Å². The van der Waals surface area contributed by atoms with Crippen molar-refractivity contribution in [3.63, 3.8) is 0 Å². The minimum atomic E-state index is -1.64. The number of hydrogen-bond acceptors (Lipinski definition) is 3. The molecule has 0 fully saturated rings. The Morgan fingerprint density at radius 3 is 2.54 bits per heavy atom. The molecule has 0 aliphatic rings. The third-order valence-corrected chi connectivity index (χ3v) is 7.03. The van der Waals surface area contributed by atoms with E-state index in [0.29, 0.717) is 17.7 Å². The van der Waals surface area contributed by atoms with E-state index >= 15 is 8.78 Å². The Bertz CT molecular complexity index is 1500. The number of aryl methyl sites for hydroxylation is 1. The van der Waals surface area contributed by atoms with Crippen LogP contribution in [0, 0.1) is 18.6 Å². The van der Waals surface area contributed by atoms with E-state index in [1.165, 1.54) is 48.9 Å². The highest BCUT2D eigenvalue weighted by molar-refractivity contribution is 7.84. The molecule has 0 spiro atoms. The number of allylic oxidation sites excluding steroid dienone is 2. The van der Waals surface area contributed by atoms with Crippen LogP contribution in [0.5, 0.6) is 0 Å². The van der Waals surface area contributed by atoms with E-state index in [9.17, 15) is 13.4 Å². The highest BCUT2D eigenvalue weighted by Crippen LogP contribution is 2.27. The average Bonchev–Trinajstić information content (AvgIpc) is 2.84. The molecular weight excluding hydrogens is 521 g/mol. The van der Waals surface area contributed by atoms with Gasteiger partial charge in [-0.05, 0) is 67.6 Å². The molecule has 1 heterocycles. The summed E-state index contributed by atoms with van der Waals surface area (Å²) in [5.41, 5.74) is 0.460. The van der Waals surface area contributed by atoms with Crippen molar-refractivity contribution in [2.75, 3.05) is 6.26 Å². The molecule has 2 atom stereocenters. The molecule has 1 aromatic heterocycles. The fourth-order valence-electron chi connectivity index (χ4n) is 3.89. The zero-order chi connectivity index (χ0) is 27.3. The molecular formula is C28H26ClF3N2O2S. The lowest BCUT2D eigenvalue weighted by atomic mass is 9.93. The molecule has 37 heavy (non-hydrogen) atoms. The number of aliphatic imine (C=N–C) groups is 1. The summed E-state index contributed by atoms with van der Waals surface area (Å²) in [6.07, 6.45) is 5.49. The first-order valence-corrected chi connectivity index (χ1v) is 13.3. The largest absolute Gasteiger partial charge is 0.284 e. The quantitative estimate of drug-likeness (QED) is 0.287. The summed E-state index contributed by atoms with van der Waals surface area (Å²) >= 11 is 6.41. The van der Waals surface area contributed by atoms with Crippen LogP contribution in [-0.4, -0.2) is 20.7 Å². The van der Waals surface area contributed by atoms with Gasteiger partial charge < -0.3 is 0 Å². The van der Waals surface area contributed by atoms with E-state index < -0.39 is 28.0 Å². The van der Waals surface area contributed by atoms with Crippen molar-refractivity contribution in [2.24, 2.45) is 4.99 Å². The molecule has 0 saturated heterocycles. The zero-order valence-electron chi connectivity index (χ0n) is 20.8. The van der Waals surface area contributed by atoms with Gasteiger partial charge in [0.2, 0.25) is 0 Å². The number of hydrogen-bond donors (Lipinski definition) is 0. The molecule has 0 N–H and O–H groups in total. The average molecular weight is 547 g/mol. The van der Waals surface area contributed by atoms with Crippen molar-refractivity contribution in [3.8, 4) is 0 Å². The number of halogens is 4. The molecule has 2 aromatic carbocycles.